The third-order valence-corrected chi connectivity index (χ3v) is 3.50. The van der Waals surface area contributed by atoms with Crippen LogP contribution in [0.3, 0.4) is 0 Å². The predicted octanol–water partition coefficient (Wildman–Crippen LogP) is 3.98. The maximum atomic E-state index is 12.6. The molecule has 0 radical (unpaired) electrons. The molecule has 0 bridgehead atoms. The second-order valence-electron chi connectivity index (χ2n) is 8.13. The molecule has 0 spiro atoms. The fraction of sp³-hybridized carbons (Fsp3) is 0.550. The molecule has 26 heavy (non-hydrogen) atoms. The lowest BCUT2D eigenvalue weighted by atomic mass is 9.82. The third kappa shape index (κ3) is 8.91. The van der Waals surface area contributed by atoms with Gasteiger partial charge in [0.2, 0.25) is 5.91 Å². The molecule has 1 amide bonds. The van der Waals surface area contributed by atoms with Gasteiger partial charge in [-0.2, -0.15) is 13.2 Å². The Morgan fingerprint density at radius 2 is 1.77 bits per heavy atom. The van der Waals surface area contributed by atoms with Gasteiger partial charge in [-0.3, -0.25) is 4.79 Å². The minimum Gasteiger partial charge on any atom is -0.344 e. The predicted molar refractivity (Wildman–Crippen MR) is 97.5 cm³/mol. The van der Waals surface area contributed by atoms with Gasteiger partial charge in [-0.15, -0.1) is 0 Å². The van der Waals surface area contributed by atoms with Crippen molar-refractivity contribution in [3.05, 3.63) is 35.4 Å². The fourth-order valence-electron chi connectivity index (χ4n) is 2.83. The van der Waals surface area contributed by atoms with Crippen molar-refractivity contribution in [1.29, 1.82) is 0 Å². The summed E-state index contributed by atoms with van der Waals surface area (Å²) in [7, 11) is 0. The highest BCUT2D eigenvalue weighted by molar-refractivity contribution is 5.78. The Morgan fingerprint density at radius 1 is 1.12 bits per heavy atom. The zero-order valence-electron chi connectivity index (χ0n) is 16.0. The summed E-state index contributed by atoms with van der Waals surface area (Å²) >= 11 is 0. The number of hydrogen-bond acceptors (Lipinski definition) is 2. The van der Waals surface area contributed by atoms with E-state index in [0.717, 1.165) is 18.6 Å². The number of rotatable bonds is 5. The molecule has 0 aliphatic heterocycles. The van der Waals surface area contributed by atoms with E-state index >= 15 is 0 Å². The summed E-state index contributed by atoms with van der Waals surface area (Å²) in [4.78, 5) is 11.9. The number of benzene rings is 1. The summed E-state index contributed by atoms with van der Waals surface area (Å²) in [5.41, 5.74) is -0.514. The van der Waals surface area contributed by atoms with Crippen molar-refractivity contribution in [3.8, 4) is 11.8 Å². The fourth-order valence-corrected chi connectivity index (χ4v) is 2.83. The molecule has 2 N–H and O–H groups in total. The van der Waals surface area contributed by atoms with Crippen LogP contribution in [0.5, 0.6) is 0 Å². The van der Waals surface area contributed by atoms with Gasteiger partial charge in [-0.1, -0.05) is 38.7 Å². The standard InChI is InChI=1S/C20H27F3N2O/c1-18(2,3)14-19(4,5)25-13-17(26)24-11-7-9-15-8-6-10-16(12-15)20(21,22)23/h6,8,10,12,25H,11,13-14H2,1-5H3,(H,24,26). The Labute approximate surface area is 153 Å². The van der Waals surface area contributed by atoms with Crippen molar-refractivity contribution in [3.63, 3.8) is 0 Å². The maximum absolute atomic E-state index is 12.6. The number of carbonyl (C=O) groups is 1. The van der Waals surface area contributed by atoms with Crippen LogP contribution in [0, 0.1) is 17.3 Å². The topological polar surface area (TPSA) is 41.1 Å². The van der Waals surface area contributed by atoms with Gasteiger partial charge in [0.25, 0.3) is 0 Å². The van der Waals surface area contributed by atoms with Crippen molar-refractivity contribution in [1.82, 2.24) is 10.6 Å². The minimum atomic E-state index is -4.39. The van der Waals surface area contributed by atoms with Gasteiger partial charge in [-0.25, -0.2) is 0 Å². The SMILES string of the molecule is CC(C)(C)CC(C)(C)NCC(=O)NCC#Cc1cccc(C(F)(F)F)c1. The van der Waals surface area contributed by atoms with Crippen LogP contribution < -0.4 is 10.6 Å². The van der Waals surface area contributed by atoms with E-state index in [0.29, 0.717) is 0 Å². The molecule has 1 aromatic rings. The lowest BCUT2D eigenvalue weighted by Crippen LogP contribution is -2.47. The largest absolute Gasteiger partial charge is 0.416 e. The number of alkyl halides is 3. The summed E-state index contributed by atoms with van der Waals surface area (Å²) in [6, 6.07) is 4.80. The highest BCUT2D eigenvalue weighted by atomic mass is 19.4. The van der Waals surface area contributed by atoms with E-state index in [-0.39, 0.29) is 35.5 Å². The van der Waals surface area contributed by atoms with Crippen LogP contribution in [-0.2, 0) is 11.0 Å². The second-order valence-corrected chi connectivity index (χ2v) is 8.13. The molecule has 0 atom stereocenters. The number of amides is 1. The first-order valence-corrected chi connectivity index (χ1v) is 8.46. The maximum Gasteiger partial charge on any atom is 0.416 e. The van der Waals surface area contributed by atoms with Gasteiger partial charge in [0.1, 0.15) is 0 Å². The molecule has 0 aliphatic rings. The van der Waals surface area contributed by atoms with Crippen molar-refractivity contribution in [2.24, 2.45) is 5.41 Å². The van der Waals surface area contributed by atoms with Gasteiger partial charge < -0.3 is 10.6 Å². The first kappa shape index (κ1) is 22.0. The molecule has 1 aromatic carbocycles. The molecule has 144 valence electrons. The first-order valence-electron chi connectivity index (χ1n) is 8.46. The van der Waals surface area contributed by atoms with E-state index < -0.39 is 11.7 Å². The number of hydrogen-bond donors (Lipinski definition) is 2. The van der Waals surface area contributed by atoms with Crippen molar-refractivity contribution >= 4 is 5.91 Å². The number of halogens is 3. The molecular formula is C20H27F3N2O. The molecule has 0 saturated carbocycles. The van der Waals surface area contributed by atoms with Gasteiger partial charge >= 0.3 is 6.18 Å². The summed E-state index contributed by atoms with van der Waals surface area (Å²) < 4.78 is 37.9. The zero-order chi connectivity index (χ0) is 20.0. The average Bonchev–Trinajstić information content (AvgIpc) is 2.47. The first-order chi connectivity index (χ1) is 11.8. The quantitative estimate of drug-likeness (QED) is 0.772. The monoisotopic (exact) mass is 368 g/mol. The van der Waals surface area contributed by atoms with Crippen LogP contribution in [0.15, 0.2) is 24.3 Å². The number of nitrogens with one attached hydrogen (secondary N) is 2. The Morgan fingerprint density at radius 3 is 2.35 bits per heavy atom. The Hall–Kier alpha value is -2.00. The third-order valence-electron chi connectivity index (χ3n) is 3.50. The summed E-state index contributed by atoms with van der Waals surface area (Å²) in [5.74, 6) is 5.10. The highest BCUT2D eigenvalue weighted by Crippen LogP contribution is 2.29. The summed E-state index contributed by atoms with van der Waals surface area (Å²) in [6.45, 7) is 10.7. The molecule has 0 heterocycles. The molecule has 0 aromatic heterocycles. The van der Waals surface area contributed by atoms with Gasteiger partial charge in [0.15, 0.2) is 0 Å². The smallest absolute Gasteiger partial charge is 0.344 e. The highest BCUT2D eigenvalue weighted by Gasteiger charge is 2.30. The summed E-state index contributed by atoms with van der Waals surface area (Å²) in [6.07, 6.45) is -3.49. The molecular weight excluding hydrogens is 341 g/mol. The van der Waals surface area contributed by atoms with E-state index in [2.05, 4.69) is 43.2 Å². The Balaban J connectivity index is 2.47. The summed E-state index contributed by atoms with van der Waals surface area (Å²) in [5, 5.41) is 5.85. The second kappa shape index (κ2) is 8.59. The molecule has 6 heteroatoms. The normalized spacial score (nSPS) is 12.3. The van der Waals surface area contributed by atoms with Crippen molar-refractivity contribution in [2.45, 2.75) is 52.8 Å². The van der Waals surface area contributed by atoms with Crippen LogP contribution in [0.1, 0.15) is 52.2 Å². The van der Waals surface area contributed by atoms with Gasteiger partial charge in [0.05, 0.1) is 18.7 Å². The Bertz CT molecular complexity index is 677. The van der Waals surface area contributed by atoms with Crippen LogP contribution in [0.2, 0.25) is 0 Å². The van der Waals surface area contributed by atoms with E-state index in [1.165, 1.54) is 12.1 Å². The van der Waals surface area contributed by atoms with E-state index in [1.54, 1.807) is 0 Å². The molecule has 0 saturated heterocycles. The molecule has 0 fully saturated rings. The Kier molecular flexibility index (Phi) is 7.28. The van der Waals surface area contributed by atoms with Gasteiger partial charge in [0, 0.05) is 11.1 Å². The lowest BCUT2D eigenvalue weighted by Gasteiger charge is -2.33. The molecule has 0 aliphatic carbocycles. The van der Waals surface area contributed by atoms with Crippen LogP contribution in [0.4, 0.5) is 13.2 Å². The van der Waals surface area contributed by atoms with E-state index in [1.807, 2.05) is 13.8 Å². The van der Waals surface area contributed by atoms with Crippen LogP contribution >= 0.6 is 0 Å². The molecule has 3 nitrogen and oxygen atoms in total. The van der Waals surface area contributed by atoms with Gasteiger partial charge in [-0.05, 0) is 43.9 Å². The zero-order valence-corrected chi connectivity index (χ0v) is 16.0. The molecule has 1 rings (SSSR count). The molecule has 0 unspecified atom stereocenters. The van der Waals surface area contributed by atoms with E-state index in [4.69, 9.17) is 0 Å². The van der Waals surface area contributed by atoms with Crippen LogP contribution in [0.25, 0.3) is 0 Å². The van der Waals surface area contributed by atoms with Crippen molar-refractivity contribution in [2.75, 3.05) is 13.1 Å². The minimum absolute atomic E-state index is 0.0798. The lowest BCUT2D eigenvalue weighted by molar-refractivity contribution is -0.137. The van der Waals surface area contributed by atoms with E-state index in [9.17, 15) is 18.0 Å². The number of carbonyl (C=O) groups excluding carboxylic acids is 1. The van der Waals surface area contributed by atoms with Crippen LogP contribution in [-0.4, -0.2) is 24.5 Å². The van der Waals surface area contributed by atoms with Crippen molar-refractivity contribution < 1.29 is 18.0 Å². The average molecular weight is 368 g/mol.